The number of aromatic nitrogens is 2. The summed E-state index contributed by atoms with van der Waals surface area (Å²) >= 11 is 0. The van der Waals surface area contributed by atoms with Gasteiger partial charge in [-0.1, -0.05) is 19.3 Å². The molecule has 0 bridgehead atoms. The number of rotatable bonds is 4. The van der Waals surface area contributed by atoms with E-state index in [0.29, 0.717) is 18.8 Å². The predicted octanol–water partition coefficient (Wildman–Crippen LogP) is 2.17. The lowest BCUT2D eigenvalue weighted by atomic mass is 9.81. The number of hydrogen-bond acceptors (Lipinski definition) is 4. The van der Waals surface area contributed by atoms with E-state index in [1.54, 1.807) is 0 Å². The van der Waals surface area contributed by atoms with Gasteiger partial charge in [-0.3, -0.25) is 9.36 Å². The maximum atomic E-state index is 12.7. The summed E-state index contributed by atoms with van der Waals surface area (Å²) < 4.78 is 43.5. The monoisotopic (exact) mass is 304 g/mol. The fourth-order valence-electron chi connectivity index (χ4n) is 2.31. The Bertz CT molecular complexity index is 579. The standard InChI is InChI=1S/C13H15F3N2O3/c1-21-12(20)9(5-8-3-2-4-8)18-7-10(13(14,15)16)17-6-11(18)19/h6-9H,2-5H2,1H3. The van der Waals surface area contributed by atoms with Gasteiger partial charge in [0.05, 0.1) is 13.3 Å². The van der Waals surface area contributed by atoms with Gasteiger partial charge in [-0.2, -0.15) is 13.2 Å². The van der Waals surface area contributed by atoms with Crippen molar-refractivity contribution in [1.82, 2.24) is 9.55 Å². The first-order chi connectivity index (χ1) is 9.82. The highest BCUT2D eigenvalue weighted by Gasteiger charge is 2.35. The van der Waals surface area contributed by atoms with Gasteiger partial charge in [0, 0.05) is 6.20 Å². The third-order valence-corrected chi connectivity index (χ3v) is 3.71. The summed E-state index contributed by atoms with van der Waals surface area (Å²) in [6.45, 7) is 0. The van der Waals surface area contributed by atoms with Crippen LogP contribution in [0.3, 0.4) is 0 Å². The van der Waals surface area contributed by atoms with E-state index in [-0.39, 0.29) is 5.92 Å². The zero-order valence-corrected chi connectivity index (χ0v) is 11.4. The van der Waals surface area contributed by atoms with Crippen LogP contribution in [0.4, 0.5) is 13.2 Å². The molecule has 1 aromatic rings. The SMILES string of the molecule is COC(=O)C(CC1CCC1)n1cc(C(F)(F)F)ncc1=O. The van der Waals surface area contributed by atoms with E-state index in [4.69, 9.17) is 0 Å². The van der Waals surface area contributed by atoms with Crippen molar-refractivity contribution in [1.29, 1.82) is 0 Å². The van der Waals surface area contributed by atoms with Crippen LogP contribution in [0, 0.1) is 5.92 Å². The summed E-state index contributed by atoms with van der Waals surface area (Å²) in [6.07, 6.45) is -0.376. The lowest BCUT2D eigenvalue weighted by Gasteiger charge is -2.29. The van der Waals surface area contributed by atoms with Gasteiger partial charge in [0.1, 0.15) is 6.04 Å². The maximum Gasteiger partial charge on any atom is 0.434 e. The first-order valence-electron chi connectivity index (χ1n) is 6.56. The van der Waals surface area contributed by atoms with Crippen LogP contribution in [-0.4, -0.2) is 22.6 Å². The average molecular weight is 304 g/mol. The Kier molecular flexibility index (Phi) is 4.34. The molecule has 2 rings (SSSR count). The zero-order valence-electron chi connectivity index (χ0n) is 11.4. The van der Waals surface area contributed by atoms with Gasteiger partial charge in [-0.15, -0.1) is 0 Å². The second-order valence-electron chi connectivity index (χ2n) is 5.09. The summed E-state index contributed by atoms with van der Waals surface area (Å²) in [4.78, 5) is 26.7. The Balaban J connectivity index is 2.38. The molecule has 0 N–H and O–H groups in total. The number of hydrogen-bond donors (Lipinski definition) is 0. The Labute approximate surface area is 118 Å². The highest BCUT2D eigenvalue weighted by atomic mass is 19.4. The van der Waals surface area contributed by atoms with Crippen LogP contribution in [0.2, 0.25) is 0 Å². The summed E-state index contributed by atoms with van der Waals surface area (Å²) in [7, 11) is 1.15. The molecule has 0 aromatic carbocycles. The van der Waals surface area contributed by atoms with Crippen molar-refractivity contribution in [3.63, 3.8) is 0 Å². The highest BCUT2D eigenvalue weighted by Crippen LogP contribution is 2.34. The molecule has 1 fully saturated rings. The van der Waals surface area contributed by atoms with Crippen molar-refractivity contribution in [2.24, 2.45) is 5.92 Å². The molecule has 1 unspecified atom stereocenters. The molecule has 0 aliphatic heterocycles. The second kappa shape index (κ2) is 5.87. The number of carbonyl (C=O) groups is 1. The van der Waals surface area contributed by atoms with E-state index >= 15 is 0 Å². The number of methoxy groups -OCH3 is 1. The minimum atomic E-state index is -4.67. The third-order valence-electron chi connectivity index (χ3n) is 3.71. The topological polar surface area (TPSA) is 61.2 Å². The summed E-state index contributed by atoms with van der Waals surface area (Å²) in [6, 6.07) is -1.04. The van der Waals surface area contributed by atoms with Gasteiger partial charge in [-0.05, 0) is 12.3 Å². The van der Waals surface area contributed by atoms with Crippen LogP contribution >= 0.6 is 0 Å². The molecule has 1 atom stereocenters. The van der Waals surface area contributed by atoms with Gasteiger partial charge in [-0.25, -0.2) is 9.78 Å². The van der Waals surface area contributed by atoms with E-state index in [1.165, 1.54) is 0 Å². The number of alkyl halides is 3. The third kappa shape index (κ3) is 3.43. The van der Waals surface area contributed by atoms with Crippen LogP contribution < -0.4 is 5.56 Å². The van der Waals surface area contributed by atoms with Crippen LogP contribution in [0.5, 0.6) is 0 Å². The molecule has 1 aromatic heterocycles. The molecule has 1 aliphatic carbocycles. The molecule has 5 nitrogen and oxygen atoms in total. The normalized spacial score (nSPS) is 17.1. The molecule has 0 spiro atoms. The first-order valence-corrected chi connectivity index (χ1v) is 6.56. The molecule has 0 saturated heterocycles. The number of carbonyl (C=O) groups excluding carboxylic acids is 1. The molecule has 1 aliphatic rings. The maximum absolute atomic E-state index is 12.7. The van der Waals surface area contributed by atoms with E-state index < -0.39 is 29.4 Å². The number of halogens is 3. The molecule has 0 amide bonds. The lowest BCUT2D eigenvalue weighted by molar-refractivity contribution is -0.147. The highest BCUT2D eigenvalue weighted by molar-refractivity contribution is 5.74. The number of esters is 1. The van der Waals surface area contributed by atoms with Gasteiger partial charge in [0.15, 0.2) is 5.69 Å². The van der Waals surface area contributed by atoms with Crippen LogP contribution in [-0.2, 0) is 15.7 Å². The van der Waals surface area contributed by atoms with Crippen molar-refractivity contribution in [2.75, 3.05) is 7.11 Å². The summed E-state index contributed by atoms with van der Waals surface area (Å²) in [5.41, 5.74) is -1.96. The van der Waals surface area contributed by atoms with Crippen LogP contribution in [0.15, 0.2) is 17.2 Å². The lowest BCUT2D eigenvalue weighted by Crippen LogP contribution is -2.34. The van der Waals surface area contributed by atoms with Gasteiger partial charge in [0.2, 0.25) is 0 Å². The minimum Gasteiger partial charge on any atom is -0.467 e. The first kappa shape index (κ1) is 15.5. The molecule has 1 heterocycles. The van der Waals surface area contributed by atoms with Crippen LogP contribution in [0.25, 0.3) is 0 Å². The average Bonchev–Trinajstić information content (AvgIpc) is 2.37. The van der Waals surface area contributed by atoms with Gasteiger partial charge >= 0.3 is 12.1 Å². The van der Waals surface area contributed by atoms with Crippen molar-refractivity contribution < 1.29 is 22.7 Å². The smallest absolute Gasteiger partial charge is 0.434 e. The Hall–Kier alpha value is -1.86. The fourth-order valence-corrected chi connectivity index (χ4v) is 2.31. The van der Waals surface area contributed by atoms with Crippen molar-refractivity contribution in [3.8, 4) is 0 Å². The fraction of sp³-hybridized carbons (Fsp3) is 0.615. The quantitative estimate of drug-likeness (QED) is 0.800. The summed E-state index contributed by atoms with van der Waals surface area (Å²) in [5, 5.41) is 0. The number of ether oxygens (including phenoxy) is 1. The van der Waals surface area contributed by atoms with Crippen molar-refractivity contribution in [3.05, 3.63) is 28.4 Å². The molecular formula is C13H15F3N2O3. The number of nitrogens with zero attached hydrogens (tertiary/aromatic N) is 2. The second-order valence-corrected chi connectivity index (χ2v) is 5.09. The molecule has 21 heavy (non-hydrogen) atoms. The molecule has 0 radical (unpaired) electrons. The van der Waals surface area contributed by atoms with E-state index in [1.807, 2.05) is 0 Å². The van der Waals surface area contributed by atoms with E-state index in [9.17, 15) is 22.8 Å². The van der Waals surface area contributed by atoms with Crippen LogP contribution in [0.1, 0.15) is 37.4 Å². The molecule has 1 saturated carbocycles. The van der Waals surface area contributed by atoms with Crippen molar-refractivity contribution in [2.45, 2.75) is 37.9 Å². The largest absolute Gasteiger partial charge is 0.467 e. The molecule has 8 heteroatoms. The molecular weight excluding hydrogens is 289 g/mol. The van der Waals surface area contributed by atoms with E-state index in [2.05, 4.69) is 9.72 Å². The Morgan fingerprint density at radius 3 is 2.67 bits per heavy atom. The van der Waals surface area contributed by atoms with Gasteiger partial charge < -0.3 is 4.74 Å². The molecule has 116 valence electrons. The predicted molar refractivity (Wildman–Crippen MR) is 66.5 cm³/mol. The van der Waals surface area contributed by atoms with E-state index in [0.717, 1.165) is 30.9 Å². The summed E-state index contributed by atoms with van der Waals surface area (Å²) in [5.74, 6) is -0.494. The Morgan fingerprint density at radius 2 is 2.19 bits per heavy atom. The zero-order chi connectivity index (χ0) is 15.6. The van der Waals surface area contributed by atoms with Crippen molar-refractivity contribution >= 4 is 5.97 Å². The minimum absolute atomic E-state index is 0.225. The Morgan fingerprint density at radius 1 is 1.52 bits per heavy atom. The van der Waals surface area contributed by atoms with Gasteiger partial charge in [0.25, 0.3) is 5.56 Å².